The second-order valence-electron chi connectivity index (χ2n) is 7.85. The molecular weight excluding hydrogens is 364 g/mol. The number of fused-ring (bicyclic) bond motifs is 1. The SMILES string of the molecule is CCOC(=O)C1(C(=O)OCC)CC2=C(CCC#C[Si](C)(C)C)C(=O)OC2C1. The lowest BCUT2D eigenvalue weighted by molar-refractivity contribution is -0.173. The summed E-state index contributed by atoms with van der Waals surface area (Å²) in [5.41, 5.74) is 3.10. The van der Waals surface area contributed by atoms with Crippen LogP contribution < -0.4 is 0 Å². The molecule has 1 aliphatic carbocycles. The van der Waals surface area contributed by atoms with E-state index in [9.17, 15) is 14.4 Å². The predicted octanol–water partition coefficient (Wildman–Crippen LogP) is 2.78. The summed E-state index contributed by atoms with van der Waals surface area (Å²) in [5, 5.41) is 0. The number of hydrogen-bond acceptors (Lipinski definition) is 6. The summed E-state index contributed by atoms with van der Waals surface area (Å²) in [6.07, 6.45) is 0.639. The van der Waals surface area contributed by atoms with Gasteiger partial charge in [-0.2, -0.15) is 0 Å². The number of carbonyl (C=O) groups is 3. The van der Waals surface area contributed by atoms with Gasteiger partial charge in [0.2, 0.25) is 0 Å². The van der Waals surface area contributed by atoms with Crippen molar-refractivity contribution in [2.24, 2.45) is 5.41 Å². The van der Waals surface area contributed by atoms with Crippen molar-refractivity contribution in [1.29, 1.82) is 0 Å². The van der Waals surface area contributed by atoms with Crippen molar-refractivity contribution < 1.29 is 28.6 Å². The van der Waals surface area contributed by atoms with Crippen molar-refractivity contribution in [3.05, 3.63) is 11.1 Å². The third-order valence-corrected chi connectivity index (χ3v) is 5.52. The van der Waals surface area contributed by atoms with Crippen LogP contribution in [-0.4, -0.2) is 45.3 Å². The van der Waals surface area contributed by atoms with Crippen molar-refractivity contribution in [2.45, 2.75) is 65.3 Å². The van der Waals surface area contributed by atoms with Gasteiger partial charge in [0, 0.05) is 18.4 Å². The maximum Gasteiger partial charge on any atom is 0.334 e. The van der Waals surface area contributed by atoms with Crippen LogP contribution in [0.2, 0.25) is 19.6 Å². The van der Waals surface area contributed by atoms with E-state index in [0.29, 0.717) is 18.4 Å². The van der Waals surface area contributed by atoms with Gasteiger partial charge < -0.3 is 14.2 Å². The lowest BCUT2D eigenvalue weighted by Gasteiger charge is -2.24. The fourth-order valence-electron chi connectivity index (χ4n) is 3.41. The van der Waals surface area contributed by atoms with Gasteiger partial charge in [-0.15, -0.1) is 11.5 Å². The molecule has 1 fully saturated rings. The van der Waals surface area contributed by atoms with Crippen LogP contribution in [0.15, 0.2) is 11.1 Å². The summed E-state index contributed by atoms with van der Waals surface area (Å²) in [6, 6.07) is 0. The smallest absolute Gasteiger partial charge is 0.334 e. The molecule has 2 rings (SSSR count). The van der Waals surface area contributed by atoms with Crippen molar-refractivity contribution in [3.8, 4) is 11.5 Å². The molecular formula is C20H28O6Si. The van der Waals surface area contributed by atoms with Crippen LogP contribution in [0.3, 0.4) is 0 Å². The monoisotopic (exact) mass is 392 g/mol. The van der Waals surface area contributed by atoms with Crippen molar-refractivity contribution in [1.82, 2.24) is 0 Å². The van der Waals surface area contributed by atoms with Gasteiger partial charge in [-0.05, 0) is 32.3 Å². The molecule has 0 bridgehead atoms. The average molecular weight is 393 g/mol. The van der Waals surface area contributed by atoms with E-state index in [1.807, 2.05) is 0 Å². The molecule has 0 spiro atoms. The minimum atomic E-state index is -1.46. The predicted molar refractivity (Wildman–Crippen MR) is 102 cm³/mol. The highest BCUT2D eigenvalue weighted by molar-refractivity contribution is 6.83. The minimum Gasteiger partial charge on any atom is -0.465 e. The first-order chi connectivity index (χ1) is 12.6. The third-order valence-electron chi connectivity index (χ3n) is 4.59. The highest BCUT2D eigenvalue weighted by Gasteiger charge is 2.59. The first-order valence-electron chi connectivity index (χ1n) is 9.42. The zero-order valence-corrected chi connectivity index (χ0v) is 17.8. The van der Waals surface area contributed by atoms with E-state index in [1.165, 1.54) is 0 Å². The van der Waals surface area contributed by atoms with Gasteiger partial charge in [-0.1, -0.05) is 19.6 Å². The Balaban J connectivity index is 2.26. The van der Waals surface area contributed by atoms with Gasteiger partial charge >= 0.3 is 17.9 Å². The molecule has 1 heterocycles. The Morgan fingerprint density at radius 1 is 1.19 bits per heavy atom. The molecule has 7 heteroatoms. The molecule has 148 valence electrons. The second-order valence-corrected chi connectivity index (χ2v) is 12.6. The molecule has 1 atom stereocenters. The molecule has 1 unspecified atom stereocenters. The molecule has 6 nitrogen and oxygen atoms in total. The Morgan fingerprint density at radius 3 is 2.30 bits per heavy atom. The summed E-state index contributed by atoms with van der Waals surface area (Å²) in [6.45, 7) is 10.2. The normalized spacial score (nSPS) is 20.5. The van der Waals surface area contributed by atoms with Crippen molar-refractivity contribution >= 4 is 26.0 Å². The molecule has 0 amide bonds. The van der Waals surface area contributed by atoms with Crippen molar-refractivity contribution in [2.75, 3.05) is 13.2 Å². The van der Waals surface area contributed by atoms with Crippen LogP contribution in [0.1, 0.15) is 39.5 Å². The Kier molecular flexibility index (Phi) is 6.53. The Labute approximate surface area is 161 Å². The lowest BCUT2D eigenvalue weighted by atomic mass is 9.85. The number of hydrogen-bond donors (Lipinski definition) is 0. The fourth-order valence-corrected chi connectivity index (χ4v) is 4.06. The topological polar surface area (TPSA) is 78.9 Å². The number of carbonyl (C=O) groups excluding carboxylic acids is 3. The summed E-state index contributed by atoms with van der Waals surface area (Å²) in [5.74, 6) is 1.55. The van der Waals surface area contributed by atoms with Crippen LogP contribution in [0.4, 0.5) is 0 Å². The highest BCUT2D eigenvalue weighted by Crippen LogP contribution is 2.49. The Hall–Kier alpha value is -2.07. The molecule has 1 saturated carbocycles. The molecule has 0 radical (unpaired) electrons. The quantitative estimate of drug-likeness (QED) is 0.227. The minimum absolute atomic E-state index is 0.0792. The van der Waals surface area contributed by atoms with Crippen LogP contribution in [-0.2, 0) is 28.6 Å². The standard InChI is InChI=1S/C20H28O6Si/c1-6-24-18(22)20(19(23)25-7-2)12-15-14(17(21)26-16(15)13-20)10-8-9-11-27(3,4)5/h16H,6-8,10,12-13H2,1-5H3. The molecule has 0 aromatic heterocycles. The Bertz CT molecular complexity index is 701. The third kappa shape index (κ3) is 4.61. The number of rotatable bonds is 6. The maximum absolute atomic E-state index is 12.6. The van der Waals surface area contributed by atoms with E-state index in [2.05, 4.69) is 31.1 Å². The highest BCUT2D eigenvalue weighted by atomic mass is 28.3. The van der Waals surface area contributed by atoms with Gasteiger partial charge in [-0.25, -0.2) is 4.79 Å². The first-order valence-corrected chi connectivity index (χ1v) is 12.9. The van der Waals surface area contributed by atoms with Gasteiger partial charge in [0.05, 0.1) is 13.2 Å². The molecule has 2 aliphatic rings. The lowest BCUT2D eigenvalue weighted by Crippen LogP contribution is -2.41. The first kappa shape index (κ1) is 21.2. The zero-order valence-electron chi connectivity index (χ0n) is 16.8. The molecule has 0 saturated heterocycles. The average Bonchev–Trinajstić information content (AvgIpc) is 3.06. The van der Waals surface area contributed by atoms with Gasteiger partial charge in [-0.3, -0.25) is 9.59 Å². The van der Waals surface area contributed by atoms with Crippen LogP contribution in [0.5, 0.6) is 0 Å². The summed E-state index contributed by atoms with van der Waals surface area (Å²) >= 11 is 0. The van der Waals surface area contributed by atoms with Crippen LogP contribution in [0.25, 0.3) is 0 Å². The number of ether oxygens (including phenoxy) is 3. The van der Waals surface area contributed by atoms with E-state index in [-0.39, 0.29) is 32.0 Å². The van der Waals surface area contributed by atoms with Gasteiger partial charge in [0.15, 0.2) is 5.41 Å². The molecule has 0 aromatic rings. The van der Waals surface area contributed by atoms with E-state index >= 15 is 0 Å². The maximum atomic E-state index is 12.6. The number of esters is 3. The van der Waals surface area contributed by atoms with Gasteiger partial charge in [0.1, 0.15) is 14.2 Å². The van der Waals surface area contributed by atoms with E-state index in [4.69, 9.17) is 14.2 Å². The fraction of sp³-hybridized carbons (Fsp3) is 0.650. The van der Waals surface area contributed by atoms with Gasteiger partial charge in [0.25, 0.3) is 0 Å². The molecule has 0 aromatic carbocycles. The summed E-state index contributed by atoms with van der Waals surface area (Å²) < 4.78 is 15.7. The molecule has 27 heavy (non-hydrogen) atoms. The van der Waals surface area contributed by atoms with Crippen LogP contribution in [0, 0.1) is 16.9 Å². The largest absolute Gasteiger partial charge is 0.465 e. The van der Waals surface area contributed by atoms with Crippen molar-refractivity contribution in [3.63, 3.8) is 0 Å². The Morgan fingerprint density at radius 2 is 1.78 bits per heavy atom. The van der Waals surface area contributed by atoms with Crippen LogP contribution >= 0.6 is 0 Å². The summed E-state index contributed by atoms with van der Waals surface area (Å²) in [4.78, 5) is 37.4. The zero-order chi connectivity index (χ0) is 20.2. The molecule has 0 N–H and O–H groups in total. The van der Waals surface area contributed by atoms with E-state index in [1.54, 1.807) is 13.8 Å². The summed E-state index contributed by atoms with van der Waals surface area (Å²) in [7, 11) is -1.46. The second kappa shape index (κ2) is 8.30. The molecule has 1 aliphatic heterocycles. The van der Waals surface area contributed by atoms with E-state index in [0.717, 1.165) is 5.57 Å². The van der Waals surface area contributed by atoms with E-state index < -0.39 is 31.5 Å².